The van der Waals surface area contributed by atoms with Crippen LogP contribution in [0.15, 0.2) is 54.6 Å². The molecule has 0 unspecified atom stereocenters. The van der Waals surface area contributed by atoms with Crippen molar-refractivity contribution < 1.29 is 14.3 Å². The Bertz CT molecular complexity index is 555. The highest BCUT2D eigenvalue weighted by Gasteiger charge is 2.08. The van der Waals surface area contributed by atoms with Crippen LogP contribution in [0.2, 0.25) is 0 Å². The third-order valence-corrected chi connectivity index (χ3v) is 2.67. The van der Waals surface area contributed by atoms with Crippen LogP contribution in [0.1, 0.15) is 0 Å². The molecule has 104 valence electrons. The number of anilines is 1. The molecule has 0 bridgehead atoms. The van der Waals surface area contributed by atoms with Gasteiger partial charge in [0.15, 0.2) is 0 Å². The summed E-state index contributed by atoms with van der Waals surface area (Å²) in [5, 5.41) is 1.32. The van der Waals surface area contributed by atoms with E-state index in [1.54, 1.807) is 24.3 Å². The average Bonchev–Trinajstić information content (AvgIpc) is 2.49. The molecule has 0 aliphatic heterocycles. The summed E-state index contributed by atoms with van der Waals surface area (Å²) < 4.78 is 10.2. The fourth-order valence-corrected chi connectivity index (χ4v) is 1.63. The van der Waals surface area contributed by atoms with E-state index in [0.29, 0.717) is 11.4 Å². The number of carbonyl (C=O) groups is 1. The van der Waals surface area contributed by atoms with Crippen LogP contribution in [0, 0.1) is 0 Å². The maximum Gasteiger partial charge on any atom is 0.326 e. The number of hydrazine groups is 1. The van der Waals surface area contributed by atoms with E-state index in [4.69, 9.17) is 10.6 Å². The molecule has 0 atom stereocenters. The van der Waals surface area contributed by atoms with Gasteiger partial charge >= 0.3 is 5.97 Å². The quantitative estimate of drug-likeness (QED) is 0.514. The summed E-state index contributed by atoms with van der Waals surface area (Å²) in [5.41, 5.74) is 0.704. The van der Waals surface area contributed by atoms with Crippen LogP contribution >= 0.6 is 0 Å². The van der Waals surface area contributed by atoms with E-state index in [-0.39, 0.29) is 6.54 Å². The van der Waals surface area contributed by atoms with Crippen molar-refractivity contribution in [2.75, 3.05) is 18.7 Å². The fraction of sp³-hybridized carbons (Fsp3) is 0.133. The Labute approximate surface area is 117 Å². The zero-order chi connectivity index (χ0) is 14.4. The molecule has 2 rings (SSSR count). The van der Waals surface area contributed by atoms with Gasteiger partial charge in [-0.15, -0.1) is 0 Å². The first kappa shape index (κ1) is 13.9. The molecule has 20 heavy (non-hydrogen) atoms. The van der Waals surface area contributed by atoms with Crippen molar-refractivity contribution in [1.82, 2.24) is 0 Å². The summed E-state index contributed by atoms with van der Waals surface area (Å²) in [6.07, 6.45) is 0. The molecule has 5 nitrogen and oxygen atoms in total. The van der Waals surface area contributed by atoms with Crippen LogP contribution in [0.3, 0.4) is 0 Å². The van der Waals surface area contributed by atoms with Crippen LogP contribution in [-0.4, -0.2) is 19.6 Å². The Kier molecular flexibility index (Phi) is 4.57. The monoisotopic (exact) mass is 272 g/mol. The van der Waals surface area contributed by atoms with Crippen LogP contribution in [0.4, 0.5) is 5.69 Å². The van der Waals surface area contributed by atoms with Gasteiger partial charge in [0.25, 0.3) is 0 Å². The zero-order valence-electron chi connectivity index (χ0n) is 11.2. The van der Waals surface area contributed by atoms with Crippen molar-refractivity contribution in [2.24, 2.45) is 5.84 Å². The van der Waals surface area contributed by atoms with Gasteiger partial charge in [0.1, 0.15) is 18.0 Å². The van der Waals surface area contributed by atoms with Gasteiger partial charge in [-0.2, -0.15) is 0 Å². The summed E-state index contributed by atoms with van der Waals surface area (Å²) in [7, 11) is 1.33. The molecular weight excluding hydrogens is 256 g/mol. The molecule has 0 aromatic heterocycles. The predicted molar refractivity (Wildman–Crippen MR) is 76.5 cm³/mol. The van der Waals surface area contributed by atoms with Gasteiger partial charge in [-0.1, -0.05) is 18.2 Å². The number of para-hydroxylation sites is 1. The van der Waals surface area contributed by atoms with E-state index in [1.165, 1.54) is 12.1 Å². The van der Waals surface area contributed by atoms with E-state index >= 15 is 0 Å². The van der Waals surface area contributed by atoms with E-state index in [0.717, 1.165) is 5.75 Å². The largest absolute Gasteiger partial charge is 0.468 e. The highest BCUT2D eigenvalue weighted by atomic mass is 16.5. The van der Waals surface area contributed by atoms with Crippen LogP contribution in [-0.2, 0) is 9.53 Å². The van der Waals surface area contributed by atoms with Crippen molar-refractivity contribution in [3.63, 3.8) is 0 Å². The number of methoxy groups -OCH3 is 1. The van der Waals surface area contributed by atoms with Crippen molar-refractivity contribution in [3.05, 3.63) is 54.6 Å². The number of carbonyl (C=O) groups excluding carboxylic acids is 1. The second-order valence-electron chi connectivity index (χ2n) is 4.11. The van der Waals surface area contributed by atoms with E-state index < -0.39 is 5.97 Å². The number of nitrogens with two attached hydrogens (primary N) is 1. The fourth-order valence-electron chi connectivity index (χ4n) is 1.63. The topological polar surface area (TPSA) is 64.8 Å². The van der Waals surface area contributed by atoms with Crippen molar-refractivity contribution >= 4 is 11.7 Å². The molecule has 2 aromatic carbocycles. The lowest BCUT2D eigenvalue weighted by molar-refractivity contribution is -0.138. The predicted octanol–water partition coefficient (Wildman–Crippen LogP) is 2.33. The molecule has 0 saturated carbocycles. The summed E-state index contributed by atoms with van der Waals surface area (Å²) in [4.78, 5) is 11.1. The maximum atomic E-state index is 11.1. The molecule has 0 radical (unpaired) electrons. The first-order chi connectivity index (χ1) is 9.69. The molecule has 5 heteroatoms. The minimum absolute atomic E-state index is 0.00457. The Morgan fingerprint density at radius 1 is 1.05 bits per heavy atom. The number of hydrogen-bond acceptors (Lipinski definition) is 5. The molecule has 2 aromatic rings. The standard InChI is InChI=1S/C15H16N2O3/c1-19-15(18)11-17(16)12-7-9-14(10-8-12)20-13-5-3-2-4-6-13/h2-10H,11,16H2,1H3. The molecule has 0 aliphatic carbocycles. The summed E-state index contributed by atoms with van der Waals surface area (Å²) in [6, 6.07) is 16.6. The number of hydrogen-bond donors (Lipinski definition) is 1. The van der Waals surface area contributed by atoms with Crippen LogP contribution < -0.4 is 15.6 Å². The van der Waals surface area contributed by atoms with Crippen molar-refractivity contribution in [1.29, 1.82) is 0 Å². The highest BCUT2D eigenvalue weighted by Crippen LogP contribution is 2.23. The summed E-state index contributed by atoms with van der Waals surface area (Å²) in [6.45, 7) is -0.00457. The van der Waals surface area contributed by atoms with Gasteiger partial charge in [0.2, 0.25) is 0 Å². The number of ether oxygens (including phenoxy) is 2. The van der Waals surface area contributed by atoms with E-state index in [2.05, 4.69) is 4.74 Å². The molecular formula is C15H16N2O3. The third-order valence-electron chi connectivity index (χ3n) is 2.67. The molecule has 0 heterocycles. The van der Waals surface area contributed by atoms with Crippen molar-refractivity contribution in [2.45, 2.75) is 0 Å². The molecule has 0 amide bonds. The summed E-state index contributed by atoms with van der Waals surface area (Å²) >= 11 is 0. The SMILES string of the molecule is COC(=O)CN(N)c1ccc(Oc2ccccc2)cc1. The van der Waals surface area contributed by atoms with Crippen LogP contribution in [0.25, 0.3) is 0 Å². The van der Waals surface area contributed by atoms with Crippen molar-refractivity contribution in [3.8, 4) is 11.5 Å². The zero-order valence-corrected chi connectivity index (χ0v) is 11.2. The normalized spacial score (nSPS) is 9.90. The first-order valence-corrected chi connectivity index (χ1v) is 6.11. The van der Waals surface area contributed by atoms with Gasteiger partial charge in [-0.25, -0.2) is 5.84 Å². The second kappa shape index (κ2) is 6.58. The Balaban J connectivity index is 2.01. The van der Waals surface area contributed by atoms with E-state index in [9.17, 15) is 4.79 Å². The molecule has 2 N–H and O–H groups in total. The second-order valence-corrected chi connectivity index (χ2v) is 4.11. The Morgan fingerprint density at radius 2 is 1.65 bits per heavy atom. The number of benzene rings is 2. The molecule has 0 fully saturated rings. The maximum absolute atomic E-state index is 11.1. The first-order valence-electron chi connectivity index (χ1n) is 6.11. The van der Waals surface area contributed by atoms with Gasteiger partial charge in [-0.3, -0.25) is 9.80 Å². The molecule has 0 saturated heterocycles. The lowest BCUT2D eigenvalue weighted by Gasteiger charge is -2.17. The molecule has 0 spiro atoms. The Morgan fingerprint density at radius 3 is 2.25 bits per heavy atom. The van der Waals surface area contributed by atoms with Gasteiger partial charge in [-0.05, 0) is 36.4 Å². The lowest BCUT2D eigenvalue weighted by Crippen LogP contribution is -2.36. The summed E-state index contributed by atoms with van der Waals surface area (Å²) in [5.74, 6) is 6.84. The van der Waals surface area contributed by atoms with Gasteiger partial charge in [0, 0.05) is 0 Å². The smallest absolute Gasteiger partial charge is 0.326 e. The van der Waals surface area contributed by atoms with Gasteiger partial charge in [0.05, 0.1) is 12.8 Å². The number of nitrogens with zero attached hydrogens (tertiary/aromatic N) is 1. The average molecular weight is 272 g/mol. The number of esters is 1. The Hall–Kier alpha value is -2.53. The third kappa shape index (κ3) is 3.73. The van der Waals surface area contributed by atoms with Crippen LogP contribution in [0.5, 0.6) is 11.5 Å². The molecule has 0 aliphatic rings. The minimum atomic E-state index is -0.392. The highest BCUT2D eigenvalue weighted by molar-refractivity contribution is 5.75. The van der Waals surface area contributed by atoms with Gasteiger partial charge < -0.3 is 9.47 Å². The number of rotatable bonds is 5. The lowest BCUT2D eigenvalue weighted by atomic mass is 10.3. The minimum Gasteiger partial charge on any atom is -0.468 e. The van der Waals surface area contributed by atoms with E-state index in [1.807, 2.05) is 30.3 Å².